The summed E-state index contributed by atoms with van der Waals surface area (Å²) in [6.45, 7) is 2.64. The monoisotopic (exact) mass is 347 g/mol. The van der Waals surface area contributed by atoms with E-state index in [1.165, 1.54) is 19.3 Å². The van der Waals surface area contributed by atoms with E-state index >= 15 is 0 Å². The lowest BCUT2D eigenvalue weighted by atomic mass is 10.2. The molecule has 0 saturated heterocycles. The molecule has 3 rings (SSSR count). The third-order valence-electron chi connectivity index (χ3n) is 3.71. The third kappa shape index (κ3) is 3.79. The van der Waals surface area contributed by atoms with Crippen LogP contribution in [0.1, 0.15) is 36.9 Å². The van der Waals surface area contributed by atoms with E-state index in [-0.39, 0.29) is 5.56 Å². The van der Waals surface area contributed by atoms with Crippen LogP contribution in [0.5, 0.6) is 0 Å². The van der Waals surface area contributed by atoms with E-state index in [1.807, 2.05) is 5.38 Å². The van der Waals surface area contributed by atoms with Crippen LogP contribution >= 0.6 is 22.9 Å². The van der Waals surface area contributed by atoms with Crippen LogP contribution in [0.25, 0.3) is 10.9 Å². The van der Waals surface area contributed by atoms with Crippen LogP contribution in [0.15, 0.2) is 34.7 Å². The van der Waals surface area contributed by atoms with Crippen molar-refractivity contribution in [2.45, 2.75) is 39.2 Å². The number of aryl methyl sites for hydroxylation is 1. The van der Waals surface area contributed by atoms with Gasteiger partial charge in [0.15, 0.2) is 0 Å². The molecule has 0 amide bonds. The van der Waals surface area contributed by atoms with Gasteiger partial charge in [0.2, 0.25) is 0 Å². The molecule has 6 heteroatoms. The Morgan fingerprint density at radius 3 is 3.00 bits per heavy atom. The molecule has 2 heterocycles. The molecule has 120 valence electrons. The molecule has 0 saturated carbocycles. The summed E-state index contributed by atoms with van der Waals surface area (Å²) in [5, 5.41) is 4.24. The van der Waals surface area contributed by atoms with Crippen molar-refractivity contribution in [2.24, 2.45) is 0 Å². The Labute approximate surface area is 143 Å². The van der Waals surface area contributed by atoms with Crippen molar-refractivity contribution in [2.75, 3.05) is 0 Å². The minimum Gasteiger partial charge on any atom is -0.293 e. The highest BCUT2D eigenvalue weighted by atomic mass is 35.5. The normalized spacial score (nSPS) is 11.2. The zero-order valence-corrected chi connectivity index (χ0v) is 14.5. The Morgan fingerprint density at radius 2 is 2.17 bits per heavy atom. The molecule has 0 fully saturated rings. The first-order chi connectivity index (χ1) is 11.2. The number of nitrogens with zero attached hydrogens (tertiary/aromatic N) is 3. The van der Waals surface area contributed by atoms with Gasteiger partial charge in [-0.05, 0) is 31.0 Å². The number of benzene rings is 1. The van der Waals surface area contributed by atoms with E-state index in [4.69, 9.17) is 11.6 Å². The topological polar surface area (TPSA) is 47.8 Å². The first-order valence-corrected chi connectivity index (χ1v) is 9.01. The molecule has 0 spiro atoms. The van der Waals surface area contributed by atoms with Crippen LogP contribution in [0, 0.1) is 0 Å². The summed E-state index contributed by atoms with van der Waals surface area (Å²) in [5.74, 6) is 0. The van der Waals surface area contributed by atoms with Gasteiger partial charge in [-0.1, -0.05) is 31.4 Å². The molecule has 0 aliphatic heterocycles. The predicted octanol–water partition coefficient (Wildman–Crippen LogP) is 4.29. The first-order valence-electron chi connectivity index (χ1n) is 7.75. The van der Waals surface area contributed by atoms with Crippen LogP contribution in [-0.2, 0) is 13.0 Å². The quantitative estimate of drug-likeness (QED) is 0.625. The van der Waals surface area contributed by atoms with E-state index in [0.29, 0.717) is 22.5 Å². The number of hydrogen-bond donors (Lipinski definition) is 0. The average molecular weight is 348 g/mol. The lowest BCUT2D eigenvalue weighted by Gasteiger charge is -2.05. The smallest absolute Gasteiger partial charge is 0.261 e. The maximum atomic E-state index is 12.5. The Hall–Kier alpha value is -1.72. The fourth-order valence-electron chi connectivity index (χ4n) is 2.48. The number of fused-ring (bicyclic) bond motifs is 1. The van der Waals surface area contributed by atoms with Gasteiger partial charge in [-0.2, -0.15) is 0 Å². The summed E-state index contributed by atoms with van der Waals surface area (Å²) in [6.07, 6.45) is 6.19. The molecule has 0 radical (unpaired) electrons. The van der Waals surface area contributed by atoms with E-state index in [0.717, 1.165) is 17.1 Å². The van der Waals surface area contributed by atoms with E-state index in [2.05, 4.69) is 16.9 Å². The second-order valence-corrected chi connectivity index (χ2v) is 6.91. The van der Waals surface area contributed by atoms with Gasteiger partial charge in [-0.15, -0.1) is 11.3 Å². The second kappa shape index (κ2) is 7.23. The summed E-state index contributed by atoms with van der Waals surface area (Å²) in [6, 6.07) is 5.17. The van der Waals surface area contributed by atoms with Crippen LogP contribution in [0.2, 0.25) is 5.02 Å². The molecule has 0 atom stereocenters. The van der Waals surface area contributed by atoms with Crippen LogP contribution < -0.4 is 5.56 Å². The van der Waals surface area contributed by atoms with Gasteiger partial charge in [0.1, 0.15) is 0 Å². The largest absolute Gasteiger partial charge is 0.293 e. The summed E-state index contributed by atoms with van der Waals surface area (Å²) in [4.78, 5) is 21.5. The predicted molar refractivity (Wildman–Crippen MR) is 95.5 cm³/mol. The van der Waals surface area contributed by atoms with Crippen LogP contribution in [0.4, 0.5) is 0 Å². The Balaban J connectivity index is 1.81. The number of hydrogen-bond acceptors (Lipinski definition) is 4. The van der Waals surface area contributed by atoms with E-state index in [1.54, 1.807) is 40.4 Å². The molecule has 0 unspecified atom stereocenters. The lowest BCUT2D eigenvalue weighted by molar-refractivity contribution is 0.703. The van der Waals surface area contributed by atoms with Crippen molar-refractivity contribution in [1.82, 2.24) is 14.5 Å². The molecule has 0 aliphatic carbocycles. The zero-order chi connectivity index (χ0) is 16.2. The minimum absolute atomic E-state index is 0.0852. The molecule has 0 N–H and O–H groups in total. The average Bonchev–Trinajstić information content (AvgIpc) is 2.98. The van der Waals surface area contributed by atoms with Crippen LogP contribution in [0.3, 0.4) is 0 Å². The molecule has 4 nitrogen and oxygen atoms in total. The highest BCUT2D eigenvalue weighted by Crippen LogP contribution is 2.16. The fraction of sp³-hybridized carbons (Fsp3) is 0.353. The van der Waals surface area contributed by atoms with Gasteiger partial charge in [0, 0.05) is 10.4 Å². The Bertz CT molecular complexity index is 872. The number of aromatic nitrogens is 3. The molecular weight excluding hydrogens is 330 g/mol. The molecule has 2 aromatic heterocycles. The van der Waals surface area contributed by atoms with Crippen molar-refractivity contribution < 1.29 is 0 Å². The van der Waals surface area contributed by atoms with E-state index in [9.17, 15) is 4.79 Å². The number of halogens is 1. The van der Waals surface area contributed by atoms with E-state index < -0.39 is 0 Å². The minimum atomic E-state index is -0.0852. The van der Waals surface area contributed by atoms with Gasteiger partial charge in [-0.3, -0.25) is 9.36 Å². The molecule has 23 heavy (non-hydrogen) atoms. The van der Waals surface area contributed by atoms with Gasteiger partial charge < -0.3 is 0 Å². The number of thiazole rings is 1. The molecule has 0 aliphatic rings. The third-order valence-corrected chi connectivity index (χ3v) is 4.90. The van der Waals surface area contributed by atoms with Crippen molar-refractivity contribution in [1.29, 1.82) is 0 Å². The van der Waals surface area contributed by atoms with Crippen molar-refractivity contribution in [3.05, 3.63) is 56.0 Å². The molecular formula is C17H18ClN3OS. The maximum absolute atomic E-state index is 12.5. The van der Waals surface area contributed by atoms with Gasteiger partial charge in [0.05, 0.1) is 34.5 Å². The van der Waals surface area contributed by atoms with Crippen LogP contribution in [-0.4, -0.2) is 14.5 Å². The molecule has 3 aromatic rings. The van der Waals surface area contributed by atoms with Crippen molar-refractivity contribution in [3.8, 4) is 0 Å². The SMILES string of the molecule is CCCCCc1nc(Cn2cnc3ccc(Cl)cc3c2=O)cs1. The summed E-state index contributed by atoms with van der Waals surface area (Å²) in [7, 11) is 0. The maximum Gasteiger partial charge on any atom is 0.261 e. The van der Waals surface area contributed by atoms with Gasteiger partial charge in [-0.25, -0.2) is 9.97 Å². The highest BCUT2D eigenvalue weighted by molar-refractivity contribution is 7.09. The lowest BCUT2D eigenvalue weighted by Crippen LogP contribution is -2.21. The summed E-state index contributed by atoms with van der Waals surface area (Å²) in [5.41, 5.74) is 1.49. The second-order valence-electron chi connectivity index (χ2n) is 5.53. The zero-order valence-electron chi connectivity index (χ0n) is 13.0. The molecule has 1 aromatic carbocycles. The highest BCUT2D eigenvalue weighted by Gasteiger charge is 2.08. The summed E-state index contributed by atoms with van der Waals surface area (Å²) >= 11 is 7.64. The number of rotatable bonds is 6. The van der Waals surface area contributed by atoms with Gasteiger partial charge in [0.25, 0.3) is 5.56 Å². The van der Waals surface area contributed by atoms with Crippen molar-refractivity contribution in [3.63, 3.8) is 0 Å². The van der Waals surface area contributed by atoms with Crippen molar-refractivity contribution >= 4 is 33.8 Å². The Morgan fingerprint density at radius 1 is 1.30 bits per heavy atom. The molecule has 0 bridgehead atoms. The standard InChI is InChI=1S/C17H18ClN3OS/c1-2-3-4-5-16-20-13(10-23-16)9-21-11-19-15-7-6-12(18)8-14(15)17(21)22/h6-8,10-11H,2-5,9H2,1H3. The van der Waals surface area contributed by atoms with Gasteiger partial charge >= 0.3 is 0 Å². The summed E-state index contributed by atoms with van der Waals surface area (Å²) < 4.78 is 1.59. The number of unbranched alkanes of at least 4 members (excludes halogenated alkanes) is 2. The Kier molecular flexibility index (Phi) is 5.08. The first kappa shape index (κ1) is 16.1. The fourth-order valence-corrected chi connectivity index (χ4v) is 3.48.